The monoisotopic (exact) mass is 254 g/mol. The van der Waals surface area contributed by atoms with Gasteiger partial charge in [-0.25, -0.2) is 4.79 Å². The lowest BCUT2D eigenvalue weighted by Crippen LogP contribution is -2.51. The van der Waals surface area contributed by atoms with E-state index >= 15 is 0 Å². The molecule has 1 heterocycles. The van der Waals surface area contributed by atoms with Crippen molar-refractivity contribution in [3.63, 3.8) is 0 Å². The zero-order valence-electron chi connectivity index (χ0n) is 10.9. The normalized spacial score (nSPS) is 20.5. The molecule has 101 valence electrons. The number of carbonyl (C=O) groups excluding carboxylic acids is 3. The van der Waals surface area contributed by atoms with Crippen LogP contribution in [-0.4, -0.2) is 42.4 Å². The van der Waals surface area contributed by atoms with Gasteiger partial charge in [-0.1, -0.05) is 13.8 Å². The van der Waals surface area contributed by atoms with E-state index in [0.717, 1.165) is 12.8 Å². The molecule has 0 aliphatic carbocycles. The maximum atomic E-state index is 12.0. The fourth-order valence-corrected chi connectivity index (χ4v) is 1.83. The molecule has 1 rings (SSSR count). The van der Waals surface area contributed by atoms with Crippen LogP contribution in [0, 0.1) is 5.92 Å². The van der Waals surface area contributed by atoms with E-state index in [4.69, 9.17) is 0 Å². The molecule has 2 N–H and O–H groups in total. The van der Waals surface area contributed by atoms with Gasteiger partial charge in [0, 0.05) is 13.1 Å². The molecule has 1 aliphatic heterocycles. The molecular formula is C12H20N3O3. The van der Waals surface area contributed by atoms with E-state index < -0.39 is 6.04 Å². The molecule has 1 atom stereocenters. The van der Waals surface area contributed by atoms with Gasteiger partial charge in [0.05, 0.1) is 0 Å². The smallest absolute Gasteiger partial charge is 0.324 e. The highest BCUT2D eigenvalue weighted by molar-refractivity contribution is 5.97. The van der Waals surface area contributed by atoms with E-state index in [1.54, 1.807) is 0 Å². The first-order valence-electron chi connectivity index (χ1n) is 6.28. The van der Waals surface area contributed by atoms with Gasteiger partial charge in [-0.2, -0.15) is 0 Å². The van der Waals surface area contributed by atoms with Crippen LogP contribution < -0.4 is 10.6 Å². The highest BCUT2D eigenvalue weighted by Crippen LogP contribution is 2.12. The zero-order chi connectivity index (χ0) is 13.5. The van der Waals surface area contributed by atoms with Crippen molar-refractivity contribution in [1.82, 2.24) is 15.5 Å². The number of hydrogen-bond donors (Lipinski definition) is 2. The molecule has 0 saturated carbocycles. The van der Waals surface area contributed by atoms with Crippen LogP contribution in [0.25, 0.3) is 0 Å². The number of rotatable bonds is 4. The largest absolute Gasteiger partial charge is 0.337 e. The summed E-state index contributed by atoms with van der Waals surface area (Å²) in [6.07, 6.45) is 3.65. The first kappa shape index (κ1) is 14.5. The van der Waals surface area contributed by atoms with Gasteiger partial charge in [0.15, 0.2) is 0 Å². The summed E-state index contributed by atoms with van der Waals surface area (Å²) in [7, 11) is 0. The predicted molar refractivity (Wildman–Crippen MR) is 66.4 cm³/mol. The van der Waals surface area contributed by atoms with Crippen LogP contribution in [-0.2, 0) is 9.59 Å². The summed E-state index contributed by atoms with van der Waals surface area (Å²) in [4.78, 5) is 35.4. The lowest BCUT2D eigenvalue weighted by molar-refractivity contribution is -0.129. The molecule has 1 aliphatic rings. The Kier molecular flexibility index (Phi) is 5.61. The van der Waals surface area contributed by atoms with E-state index in [0.29, 0.717) is 25.4 Å². The van der Waals surface area contributed by atoms with Gasteiger partial charge in [-0.3, -0.25) is 14.5 Å². The number of hydrogen-bond acceptors (Lipinski definition) is 3. The fraction of sp³-hybridized carbons (Fsp3) is 0.750. The van der Waals surface area contributed by atoms with Crippen LogP contribution in [0.1, 0.15) is 33.1 Å². The van der Waals surface area contributed by atoms with Crippen molar-refractivity contribution < 1.29 is 14.4 Å². The highest BCUT2D eigenvalue weighted by atomic mass is 16.2. The molecule has 1 radical (unpaired) electrons. The minimum absolute atomic E-state index is 0.327. The molecule has 0 bridgehead atoms. The number of nitrogens with zero attached hydrogens (tertiary/aromatic N) is 1. The van der Waals surface area contributed by atoms with Crippen LogP contribution in [0.4, 0.5) is 4.79 Å². The summed E-state index contributed by atoms with van der Waals surface area (Å²) in [5.41, 5.74) is 0. The van der Waals surface area contributed by atoms with Crippen molar-refractivity contribution in [2.75, 3.05) is 13.1 Å². The third kappa shape index (κ3) is 4.01. The van der Waals surface area contributed by atoms with E-state index in [1.165, 1.54) is 11.3 Å². The van der Waals surface area contributed by atoms with Gasteiger partial charge in [0.25, 0.3) is 5.91 Å². The molecule has 0 aromatic rings. The average Bonchev–Trinajstić information content (AvgIpc) is 2.50. The van der Waals surface area contributed by atoms with Crippen LogP contribution >= 0.6 is 0 Å². The molecule has 1 saturated heterocycles. The summed E-state index contributed by atoms with van der Waals surface area (Å²) >= 11 is 0. The number of amides is 4. The first-order chi connectivity index (χ1) is 8.56. The maximum Gasteiger partial charge on any atom is 0.324 e. The number of likely N-dealkylation sites (tertiary alicyclic amines) is 1. The molecule has 0 unspecified atom stereocenters. The van der Waals surface area contributed by atoms with E-state index in [9.17, 15) is 14.4 Å². The number of urea groups is 1. The van der Waals surface area contributed by atoms with Crippen LogP contribution in [0.15, 0.2) is 0 Å². The Morgan fingerprint density at radius 3 is 2.83 bits per heavy atom. The Balaban J connectivity index is 2.63. The number of nitrogens with one attached hydrogen (secondary N) is 2. The van der Waals surface area contributed by atoms with E-state index in [2.05, 4.69) is 10.6 Å². The predicted octanol–water partition coefficient (Wildman–Crippen LogP) is 0.390. The molecule has 1 fully saturated rings. The van der Waals surface area contributed by atoms with Crippen LogP contribution in [0.5, 0.6) is 0 Å². The first-order valence-corrected chi connectivity index (χ1v) is 6.28. The second-order valence-electron chi connectivity index (χ2n) is 4.86. The van der Waals surface area contributed by atoms with Gasteiger partial charge >= 0.3 is 12.4 Å². The molecule has 6 heteroatoms. The topological polar surface area (TPSA) is 78.5 Å². The third-order valence-corrected chi connectivity index (χ3v) is 2.83. The second-order valence-corrected chi connectivity index (χ2v) is 4.86. The van der Waals surface area contributed by atoms with Crippen molar-refractivity contribution in [3.05, 3.63) is 0 Å². The molecule has 0 aromatic heterocycles. The fourth-order valence-electron chi connectivity index (χ4n) is 1.83. The van der Waals surface area contributed by atoms with Gasteiger partial charge in [-0.15, -0.1) is 0 Å². The Bertz CT molecular complexity index is 318. The van der Waals surface area contributed by atoms with Gasteiger partial charge in [0.1, 0.15) is 6.04 Å². The number of imide groups is 1. The standard InChI is InChI=1S/C12H20N3O3/c1-9(2)7-13-12(18)15-6-4-3-5-10(11(15)17)14-8-16/h9-10H,3-7H2,1-2H3,(H,13,18)(H,14,16)/t10-/m0/s1. The van der Waals surface area contributed by atoms with Crippen LogP contribution in [0.2, 0.25) is 0 Å². The minimum atomic E-state index is -0.630. The van der Waals surface area contributed by atoms with Crippen molar-refractivity contribution in [2.45, 2.75) is 39.2 Å². The molecule has 6 nitrogen and oxygen atoms in total. The number of carbonyl (C=O) groups is 2. The lowest BCUT2D eigenvalue weighted by Gasteiger charge is -2.22. The minimum Gasteiger partial charge on any atom is -0.337 e. The molecular weight excluding hydrogens is 234 g/mol. The Morgan fingerprint density at radius 1 is 1.50 bits per heavy atom. The van der Waals surface area contributed by atoms with Gasteiger partial charge in [0.2, 0.25) is 0 Å². The van der Waals surface area contributed by atoms with Crippen molar-refractivity contribution in [1.29, 1.82) is 0 Å². The highest BCUT2D eigenvalue weighted by Gasteiger charge is 2.30. The maximum absolute atomic E-state index is 12.0. The summed E-state index contributed by atoms with van der Waals surface area (Å²) in [5.74, 6) is -0.0228. The van der Waals surface area contributed by atoms with Gasteiger partial charge in [-0.05, 0) is 25.2 Å². The van der Waals surface area contributed by atoms with Gasteiger partial charge < -0.3 is 10.6 Å². The summed E-state index contributed by atoms with van der Waals surface area (Å²) in [6.45, 7) is 4.90. The zero-order valence-corrected chi connectivity index (χ0v) is 10.9. The summed E-state index contributed by atoms with van der Waals surface area (Å²) in [5, 5.41) is 5.06. The van der Waals surface area contributed by atoms with Crippen molar-refractivity contribution >= 4 is 18.3 Å². The van der Waals surface area contributed by atoms with Crippen molar-refractivity contribution in [3.8, 4) is 0 Å². The summed E-state index contributed by atoms with van der Waals surface area (Å²) < 4.78 is 0. The molecule has 18 heavy (non-hydrogen) atoms. The second kappa shape index (κ2) is 6.98. The molecule has 0 spiro atoms. The Hall–Kier alpha value is -1.59. The van der Waals surface area contributed by atoms with E-state index in [-0.39, 0.29) is 11.9 Å². The van der Waals surface area contributed by atoms with Crippen LogP contribution in [0.3, 0.4) is 0 Å². The lowest BCUT2D eigenvalue weighted by atomic mass is 10.1. The molecule has 0 aromatic carbocycles. The Labute approximate surface area is 107 Å². The Morgan fingerprint density at radius 2 is 2.22 bits per heavy atom. The SMILES string of the molecule is CC(C)CNC(=O)N1CCCC[C@H](N[C]=O)C1=O. The average molecular weight is 254 g/mol. The van der Waals surface area contributed by atoms with E-state index in [1.807, 2.05) is 13.8 Å². The summed E-state index contributed by atoms with van der Waals surface area (Å²) in [6, 6.07) is -1.01. The third-order valence-electron chi connectivity index (χ3n) is 2.83. The quantitative estimate of drug-likeness (QED) is 0.712. The molecule has 4 amide bonds. The van der Waals surface area contributed by atoms with Crippen molar-refractivity contribution in [2.24, 2.45) is 5.92 Å².